The molecule has 6 heteroatoms. The van der Waals surface area contributed by atoms with Crippen LogP contribution in [0.4, 0.5) is 5.69 Å². The number of hydrogen-bond donors (Lipinski definition) is 1. The molecule has 1 aromatic rings. The van der Waals surface area contributed by atoms with Gasteiger partial charge in [-0.3, -0.25) is 9.59 Å². The van der Waals surface area contributed by atoms with Crippen molar-refractivity contribution >= 4 is 23.5 Å². The van der Waals surface area contributed by atoms with E-state index in [2.05, 4.69) is 0 Å². The van der Waals surface area contributed by atoms with Gasteiger partial charge < -0.3 is 9.84 Å². The van der Waals surface area contributed by atoms with E-state index in [4.69, 9.17) is 4.74 Å². The number of imide groups is 1. The Balaban J connectivity index is 2.51. The maximum absolute atomic E-state index is 12.0. The summed E-state index contributed by atoms with van der Waals surface area (Å²) in [6.07, 6.45) is 1.77. The lowest BCUT2D eigenvalue weighted by molar-refractivity contribution is -0.125. The summed E-state index contributed by atoms with van der Waals surface area (Å²) in [6, 6.07) is 4.28. The number of amides is 2. The van der Waals surface area contributed by atoms with Crippen molar-refractivity contribution in [1.29, 1.82) is 0 Å². The molecule has 1 N–H and O–H groups in total. The Morgan fingerprint density at radius 2 is 1.80 bits per heavy atom. The van der Waals surface area contributed by atoms with Crippen LogP contribution in [0.3, 0.4) is 0 Å². The molecule has 0 radical (unpaired) electrons. The second-order valence-electron chi connectivity index (χ2n) is 4.52. The van der Waals surface area contributed by atoms with Crippen LogP contribution < -0.4 is 9.64 Å². The van der Waals surface area contributed by atoms with Crippen LogP contribution in [-0.2, 0) is 9.59 Å². The van der Waals surface area contributed by atoms with Gasteiger partial charge in [0.05, 0.1) is 18.4 Å². The maximum Gasteiger partial charge on any atom is 0.337 e. The first-order valence-electron chi connectivity index (χ1n) is 6.31. The number of anilines is 1. The van der Waals surface area contributed by atoms with Gasteiger partial charge >= 0.3 is 5.97 Å². The Bertz CT molecular complexity index is 549. The zero-order chi connectivity index (χ0) is 14.7. The topological polar surface area (TPSA) is 83.9 Å². The molecule has 0 spiro atoms. The van der Waals surface area contributed by atoms with Crippen LogP contribution in [-0.4, -0.2) is 30.0 Å². The van der Waals surface area contributed by atoms with Gasteiger partial charge in [0.2, 0.25) is 11.8 Å². The van der Waals surface area contributed by atoms with Crippen LogP contribution in [0.15, 0.2) is 18.2 Å². The summed E-state index contributed by atoms with van der Waals surface area (Å²) in [5, 5.41) is 9.25. The summed E-state index contributed by atoms with van der Waals surface area (Å²) in [6.45, 7) is 0. The number of methoxy groups -OCH3 is 1. The van der Waals surface area contributed by atoms with Gasteiger partial charge in [-0.2, -0.15) is 0 Å². The average Bonchev–Trinajstić information content (AvgIpc) is 2.59. The van der Waals surface area contributed by atoms with E-state index in [1.54, 1.807) is 0 Å². The molecule has 1 aliphatic heterocycles. The van der Waals surface area contributed by atoms with Crippen molar-refractivity contribution < 1.29 is 24.2 Å². The number of carbonyl (C=O) groups excluding carboxylic acids is 2. The van der Waals surface area contributed by atoms with E-state index in [9.17, 15) is 19.5 Å². The largest absolute Gasteiger partial charge is 0.497 e. The van der Waals surface area contributed by atoms with E-state index in [0.717, 1.165) is 4.90 Å². The minimum Gasteiger partial charge on any atom is -0.497 e. The zero-order valence-corrected chi connectivity index (χ0v) is 11.1. The number of carboxylic acid groups (broad SMARTS) is 1. The molecule has 1 aliphatic rings. The van der Waals surface area contributed by atoms with Crippen molar-refractivity contribution in [3.05, 3.63) is 23.8 Å². The van der Waals surface area contributed by atoms with Crippen molar-refractivity contribution in [2.24, 2.45) is 0 Å². The first kappa shape index (κ1) is 14.0. The van der Waals surface area contributed by atoms with E-state index in [1.165, 1.54) is 25.3 Å². The van der Waals surface area contributed by atoms with E-state index >= 15 is 0 Å². The fourth-order valence-corrected chi connectivity index (χ4v) is 2.19. The molecule has 106 valence electrons. The first-order chi connectivity index (χ1) is 9.54. The summed E-state index contributed by atoms with van der Waals surface area (Å²) in [5.41, 5.74) is -0.0110. The van der Waals surface area contributed by atoms with Crippen molar-refractivity contribution in [1.82, 2.24) is 0 Å². The molecule has 2 amide bonds. The van der Waals surface area contributed by atoms with Crippen LogP contribution in [0.2, 0.25) is 0 Å². The predicted octanol–water partition coefficient (Wildman–Crippen LogP) is 1.83. The number of rotatable bonds is 3. The first-order valence-corrected chi connectivity index (χ1v) is 6.31. The highest BCUT2D eigenvalue weighted by molar-refractivity contribution is 6.17. The average molecular weight is 277 g/mol. The Morgan fingerprint density at radius 1 is 1.20 bits per heavy atom. The van der Waals surface area contributed by atoms with Gasteiger partial charge in [0.15, 0.2) is 0 Å². The molecule has 0 aromatic heterocycles. The van der Waals surface area contributed by atoms with Crippen LogP contribution in [0, 0.1) is 0 Å². The Kier molecular flexibility index (Phi) is 4.02. The highest BCUT2D eigenvalue weighted by Crippen LogP contribution is 2.28. The molecule has 0 atom stereocenters. The molecular formula is C14H15NO5. The molecule has 0 aliphatic carbocycles. The highest BCUT2D eigenvalue weighted by Gasteiger charge is 2.29. The molecule has 2 rings (SSSR count). The minimum absolute atomic E-state index is 0.107. The Morgan fingerprint density at radius 3 is 2.30 bits per heavy atom. The molecule has 1 saturated heterocycles. The second-order valence-corrected chi connectivity index (χ2v) is 4.52. The summed E-state index contributed by atoms with van der Waals surface area (Å²) in [4.78, 5) is 36.4. The third kappa shape index (κ3) is 2.64. The van der Waals surface area contributed by atoms with Gasteiger partial charge in [0, 0.05) is 12.8 Å². The Hall–Kier alpha value is -2.37. The lowest BCUT2D eigenvalue weighted by Gasteiger charge is -2.21. The smallest absolute Gasteiger partial charge is 0.337 e. The number of ether oxygens (including phenoxy) is 1. The van der Waals surface area contributed by atoms with E-state index < -0.39 is 5.97 Å². The standard InChI is InChI=1S/C14H15NO5/c1-20-9-6-7-11(10(8-9)14(18)19)15-12(16)4-2-3-5-13(15)17/h6-8H,2-5H2,1H3,(H,18,19). The Labute approximate surface area is 115 Å². The van der Waals surface area contributed by atoms with Crippen LogP contribution in [0.1, 0.15) is 36.0 Å². The van der Waals surface area contributed by atoms with E-state index in [-0.39, 0.29) is 35.9 Å². The van der Waals surface area contributed by atoms with Gasteiger partial charge in [-0.15, -0.1) is 0 Å². The number of benzene rings is 1. The molecule has 6 nitrogen and oxygen atoms in total. The third-order valence-corrected chi connectivity index (χ3v) is 3.21. The fourth-order valence-electron chi connectivity index (χ4n) is 2.19. The number of nitrogens with zero attached hydrogens (tertiary/aromatic N) is 1. The fraction of sp³-hybridized carbons (Fsp3) is 0.357. The highest BCUT2D eigenvalue weighted by atomic mass is 16.5. The minimum atomic E-state index is -1.20. The van der Waals surface area contributed by atoms with Crippen molar-refractivity contribution in [3.8, 4) is 5.75 Å². The maximum atomic E-state index is 12.0. The van der Waals surface area contributed by atoms with Gasteiger partial charge in [0.1, 0.15) is 5.75 Å². The van der Waals surface area contributed by atoms with Crippen LogP contribution in [0.5, 0.6) is 5.75 Å². The van der Waals surface area contributed by atoms with E-state index in [0.29, 0.717) is 18.6 Å². The van der Waals surface area contributed by atoms with Crippen molar-refractivity contribution in [2.75, 3.05) is 12.0 Å². The number of hydrogen-bond acceptors (Lipinski definition) is 4. The molecule has 1 aromatic carbocycles. The number of aromatic carboxylic acids is 1. The summed E-state index contributed by atoms with van der Waals surface area (Å²) in [7, 11) is 1.42. The summed E-state index contributed by atoms with van der Waals surface area (Å²) in [5.74, 6) is -1.56. The van der Waals surface area contributed by atoms with Crippen molar-refractivity contribution in [2.45, 2.75) is 25.7 Å². The predicted molar refractivity (Wildman–Crippen MR) is 70.9 cm³/mol. The van der Waals surface area contributed by atoms with Gasteiger partial charge in [-0.25, -0.2) is 9.69 Å². The second kappa shape index (κ2) is 5.73. The molecule has 0 saturated carbocycles. The molecular weight excluding hydrogens is 262 g/mol. The SMILES string of the molecule is COc1ccc(N2C(=O)CCCCC2=O)c(C(=O)O)c1. The molecule has 20 heavy (non-hydrogen) atoms. The lowest BCUT2D eigenvalue weighted by atomic mass is 10.1. The zero-order valence-electron chi connectivity index (χ0n) is 11.1. The van der Waals surface area contributed by atoms with Gasteiger partial charge in [0.25, 0.3) is 0 Å². The number of carboxylic acids is 1. The van der Waals surface area contributed by atoms with Crippen molar-refractivity contribution in [3.63, 3.8) is 0 Å². The normalized spacial score (nSPS) is 15.9. The lowest BCUT2D eigenvalue weighted by Crippen LogP contribution is -2.36. The summed E-state index contributed by atoms with van der Waals surface area (Å²) >= 11 is 0. The van der Waals surface area contributed by atoms with E-state index in [1.807, 2.05) is 0 Å². The quantitative estimate of drug-likeness (QED) is 0.852. The molecule has 0 bridgehead atoms. The van der Waals surface area contributed by atoms with Gasteiger partial charge in [-0.1, -0.05) is 0 Å². The number of carbonyl (C=O) groups is 3. The monoisotopic (exact) mass is 277 g/mol. The molecule has 0 unspecified atom stereocenters. The van der Waals surface area contributed by atoms with Crippen LogP contribution in [0.25, 0.3) is 0 Å². The molecule has 1 fully saturated rings. The van der Waals surface area contributed by atoms with Crippen LogP contribution >= 0.6 is 0 Å². The summed E-state index contributed by atoms with van der Waals surface area (Å²) < 4.78 is 4.97. The third-order valence-electron chi connectivity index (χ3n) is 3.21. The van der Waals surface area contributed by atoms with Gasteiger partial charge in [-0.05, 0) is 31.0 Å². The molecule has 1 heterocycles.